The Bertz CT molecular complexity index is 499. The number of alkyl carbamates (subject to hydrolysis) is 1. The highest BCUT2D eigenvalue weighted by molar-refractivity contribution is 5.72. The molecule has 0 spiro atoms. The molecule has 0 aliphatic heterocycles. The summed E-state index contributed by atoms with van der Waals surface area (Å²) in [6.45, 7) is 6.36. The summed E-state index contributed by atoms with van der Waals surface area (Å²) in [6, 6.07) is 9.47. The molecule has 0 fully saturated rings. The van der Waals surface area contributed by atoms with E-state index in [9.17, 15) is 9.59 Å². The molecule has 0 radical (unpaired) electrons. The van der Waals surface area contributed by atoms with E-state index in [0.29, 0.717) is 6.54 Å². The minimum Gasteiger partial charge on any atom is -0.461 e. The summed E-state index contributed by atoms with van der Waals surface area (Å²) in [6.07, 6.45) is 3.86. The first kappa shape index (κ1) is 20.0. The molecule has 1 aromatic rings. The lowest BCUT2D eigenvalue weighted by Crippen LogP contribution is -2.37. The van der Waals surface area contributed by atoms with Crippen molar-refractivity contribution < 1.29 is 19.1 Å². The van der Waals surface area contributed by atoms with E-state index in [2.05, 4.69) is 12.2 Å². The highest BCUT2D eigenvalue weighted by Crippen LogP contribution is 2.16. The topological polar surface area (TPSA) is 64.6 Å². The SMILES string of the molecule is CCCCCCNC(=O)OC(C)(C)CC(=O)OCc1ccccc1. The molecule has 1 aromatic carbocycles. The number of carbonyl (C=O) groups is 2. The molecule has 5 nitrogen and oxygen atoms in total. The highest BCUT2D eigenvalue weighted by Gasteiger charge is 2.27. The molecule has 0 aromatic heterocycles. The average molecular weight is 335 g/mol. The number of nitrogens with one attached hydrogen (secondary N) is 1. The van der Waals surface area contributed by atoms with Crippen LogP contribution in [0.4, 0.5) is 4.79 Å². The Morgan fingerprint density at radius 2 is 1.79 bits per heavy atom. The van der Waals surface area contributed by atoms with Gasteiger partial charge in [0.25, 0.3) is 0 Å². The Kier molecular flexibility index (Phi) is 8.90. The largest absolute Gasteiger partial charge is 0.461 e. The quantitative estimate of drug-likeness (QED) is 0.514. The van der Waals surface area contributed by atoms with Crippen LogP contribution in [0.25, 0.3) is 0 Å². The van der Waals surface area contributed by atoms with Gasteiger partial charge in [-0.15, -0.1) is 0 Å². The minimum absolute atomic E-state index is 0.0170. The van der Waals surface area contributed by atoms with E-state index in [1.165, 1.54) is 0 Å². The van der Waals surface area contributed by atoms with Gasteiger partial charge in [-0.25, -0.2) is 4.79 Å². The smallest absolute Gasteiger partial charge is 0.407 e. The van der Waals surface area contributed by atoms with Crippen LogP contribution in [0.5, 0.6) is 0 Å². The predicted molar refractivity (Wildman–Crippen MR) is 93.6 cm³/mol. The number of hydrogen-bond donors (Lipinski definition) is 1. The van der Waals surface area contributed by atoms with Gasteiger partial charge in [0.05, 0.1) is 6.42 Å². The van der Waals surface area contributed by atoms with Crippen molar-refractivity contribution in [2.75, 3.05) is 6.54 Å². The van der Waals surface area contributed by atoms with Gasteiger partial charge in [-0.3, -0.25) is 4.79 Å². The fourth-order valence-corrected chi connectivity index (χ4v) is 2.20. The summed E-state index contributed by atoms with van der Waals surface area (Å²) >= 11 is 0. The standard InChI is InChI=1S/C19H29NO4/c1-4-5-6-10-13-20-18(22)24-19(2,3)14-17(21)23-15-16-11-8-7-9-12-16/h7-9,11-12H,4-6,10,13-15H2,1-3H3,(H,20,22). The third kappa shape index (κ3) is 9.18. The van der Waals surface area contributed by atoms with Crippen LogP contribution < -0.4 is 5.32 Å². The van der Waals surface area contributed by atoms with Crippen molar-refractivity contribution in [3.8, 4) is 0 Å². The van der Waals surface area contributed by atoms with Gasteiger partial charge in [-0.1, -0.05) is 56.5 Å². The van der Waals surface area contributed by atoms with Crippen molar-refractivity contribution in [1.29, 1.82) is 0 Å². The van der Waals surface area contributed by atoms with Gasteiger partial charge >= 0.3 is 12.1 Å². The van der Waals surface area contributed by atoms with Crippen molar-refractivity contribution in [3.05, 3.63) is 35.9 Å². The van der Waals surface area contributed by atoms with Crippen LogP contribution in [0.2, 0.25) is 0 Å². The molecular formula is C19H29NO4. The molecule has 134 valence electrons. The number of ether oxygens (including phenoxy) is 2. The van der Waals surface area contributed by atoms with E-state index < -0.39 is 11.7 Å². The summed E-state index contributed by atoms with van der Waals surface area (Å²) in [5.74, 6) is -0.389. The van der Waals surface area contributed by atoms with Gasteiger partial charge in [-0.2, -0.15) is 0 Å². The maximum absolute atomic E-state index is 11.9. The first-order chi connectivity index (χ1) is 11.4. The lowest BCUT2D eigenvalue weighted by molar-refractivity contribution is -0.149. The van der Waals surface area contributed by atoms with E-state index in [-0.39, 0.29) is 19.0 Å². The third-order valence-electron chi connectivity index (χ3n) is 3.48. The van der Waals surface area contributed by atoms with Gasteiger partial charge in [0.15, 0.2) is 0 Å². The number of hydrogen-bond acceptors (Lipinski definition) is 4. The second-order valence-corrected chi connectivity index (χ2v) is 6.46. The molecule has 0 unspecified atom stereocenters. The number of esters is 1. The van der Waals surface area contributed by atoms with E-state index in [4.69, 9.17) is 9.47 Å². The molecule has 0 aliphatic rings. The highest BCUT2D eigenvalue weighted by atomic mass is 16.6. The lowest BCUT2D eigenvalue weighted by atomic mass is 10.1. The average Bonchev–Trinajstić information content (AvgIpc) is 2.52. The molecule has 0 aliphatic carbocycles. The van der Waals surface area contributed by atoms with Crippen molar-refractivity contribution in [2.24, 2.45) is 0 Å². The van der Waals surface area contributed by atoms with Crippen LogP contribution in [0, 0.1) is 0 Å². The summed E-state index contributed by atoms with van der Waals surface area (Å²) in [5, 5.41) is 2.72. The van der Waals surface area contributed by atoms with Gasteiger partial charge in [0.2, 0.25) is 0 Å². The Hall–Kier alpha value is -2.04. The Morgan fingerprint density at radius 1 is 1.08 bits per heavy atom. The fraction of sp³-hybridized carbons (Fsp3) is 0.579. The van der Waals surface area contributed by atoms with Crippen molar-refractivity contribution in [2.45, 2.75) is 65.1 Å². The van der Waals surface area contributed by atoms with Crippen LogP contribution in [-0.4, -0.2) is 24.2 Å². The zero-order valence-corrected chi connectivity index (χ0v) is 15.0. The lowest BCUT2D eigenvalue weighted by Gasteiger charge is -2.24. The Balaban J connectivity index is 2.26. The third-order valence-corrected chi connectivity index (χ3v) is 3.48. The molecule has 0 saturated heterocycles. The summed E-state index contributed by atoms with van der Waals surface area (Å²) in [7, 11) is 0. The first-order valence-corrected chi connectivity index (χ1v) is 8.59. The molecule has 0 saturated carbocycles. The van der Waals surface area contributed by atoms with Crippen LogP contribution in [0.15, 0.2) is 30.3 Å². The molecule has 1 rings (SSSR count). The molecule has 0 atom stereocenters. The van der Waals surface area contributed by atoms with Gasteiger partial charge < -0.3 is 14.8 Å². The van der Waals surface area contributed by atoms with Crippen LogP contribution in [-0.2, 0) is 20.9 Å². The van der Waals surface area contributed by atoms with Gasteiger partial charge in [0.1, 0.15) is 12.2 Å². The Labute approximate surface area is 144 Å². The molecular weight excluding hydrogens is 306 g/mol. The molecule has 24 heavy (non-hydrogen) atoms. The zero-order valence-electron chi connectivity index (χ0n) is 15.0. The molecule has 0 heterocycles. The molecule has 0 bridgehead atoms. The second kappa shape index (κ2) is 10.7. The van der Waals surface area contributed by atoms with E-state index in [1.807, 2.05) is 30.3 Å². The molecule has 1 amide bonds. The maximum Gasteiger partial charge on any atom is 0.407 e. The number of unbranched alkanes of at least 4 members (excludes halogenated alkanes) is 3. The summed E-state index contributed by atoms with van der Waals surface area (Å²) < 4.78 is 10.5. The number of rotatable bonds is 10. The second-order valence-electron chi connectivity index (χ2n) is 6.46. The summed E-state index contributed by atoms with van der Waals surface area (Å²) in [4.78, 5) is 23.7. The molecule has 5 heteroatoms. The van der Waals surface area contributed by atoms with E-state index in [0.717, 1.165) is 31.2 Å². The van der Waals surface area contributed by atoms with Gasteiger partial charge in [0, 0.05) is 6.54 Å². The minimum atomic E-state index is -0.902. The van der Waals surface area contributed by atoms with E-state index >= 15 is 0 Å². The van der Waals surface area contributed by atoms with Crippen LogP contribution >= 0.6 is 0 Å². The fourth-order valence-electron chi connectivity index (χ4n) is 2.20. The monoisotopic (exact) mass is 335 g/mol. The number of carbonyl (C=O) groups excluding carboxylic acids is 2. The maximum atomic E-state index is 11.9. The Morgan fingerprint density at radius 3 is 2.46 bits per heavy atom. The summed E-state index contributed by atoms with van der Waals surface area (Å²) in [5.41, 5.74) is 0.0239. The van der Waals surface area contributed by atoms with Crippen molar-refractivity contribution >= 4 is 12.1 Å². The zero-order chi connectivity index (χ0) is 17.8. The van der Waals surface area contributed by atoms with Crippen LogP contribution in [0.3, 0.4) is 0 Å². The van der Waals surface area contributed by atoms with Gasteiger partial charge in [-0.05, 0) is 25.8 Å². The van der Waals surface area contributed by atoms with E-state index in [1.54, 1.807) is 13.8 Å². The first-order valence-electron chi connectivity index (χ1n) is 8.59. The van der Waals surface area contributed by atoms with Crippen molar-refractivity contribution in [3.63, 3.8) is 0 Å². The molecule has 1 N–H and O–H groups in total. The number of amides is 1. The predicted octanol–water partition coefficient (Wildman–Crippen LogP) is 4.21. The van der Waals surface area contributed by atoms with Crippen molar-refractivity contribution in [1.82, 2.24) is 5.32 Å². The number of benzene rings is 1. The van der Waals surface area contributed by atoms with Crippen LogP contribution in [0.1, 0.15) is 58.4 Å². The normalized spacial score (nSPS) is 11.0.